The number of carbonyl (C=O) groups is 1. The van der Waals surface area contributed by atoms with Gasteiger partial charge in [0.1, 0.15) is 12.7 Å². The van der Waals surface area contributed by atoms with Crippen molar-refractivity contribution in [2.45, 2.75) is 6.54 Å². The van der Waals surface area contributed by atoms with Gasteiger partial charge < -0.3 is 4.57 Å². The highest BCUT2D eigenvalue weighted by Gasteiger charge is 2.07. The van der Waals surface area contributed by atoms with E-state index >= 15 is 0 Å². The first-order chi connectivity index (χ1) is 8.83. The van der Waals surface area contributed by atoms with Crippen LogP contribution in [-0.2, 0) is 6.54 Å². The maximum Gasteiger partial charge on any atom is 0.182 e. The quantitative estimate of drug-likeness (QED) is 0.657. The van der Waals surface area contributed by atoms with Gasteiger partial charge in [0, 0.05) is 5.56 Å². The molecule has 88 valence electrons. The van der Waals surface area contributed by atoms with Crippen molar-refractivity contribution in [3.8, 4) is 0 Å². The van der Waals surface area contributed by atoms with Crippen LogP contribution in [0.25, 0.3) is 10.8 Å². The Hall–Kier alpha value is -2.49. The summed E-state index contributed by atoms with van der Waals surface area (Å²) in [5.74, 6) is 0.0561. The van der Waals surface area contributed by atoms with E-state index in [4.69, 9.17) is 0 Å². The summed E-state index contributed by atoms with van der Waals surface area (Å²) in [6.07, 6.45) is 3.08. The minimum atomic E-state index is 0.0561. The Morgan fingerprint density at radius 3 is 2.50 bits per heavy atom. The van der Waals surface area contributed by atoms with Crippen LogP contribution in [0.5, 0.6) is 0 Å². The van der Waals surface area contributed by atoms with Crippen LogP contribution in [0.15, 0.2) is 55.1 Å². The van der Waals surface area contributed by atoms with Gasteiger partial charge in [-0.2, -0.15) is 0 Å². The number of carbonyl (C=O) groups excluding carboxylic acids is 1. The SMILES string of the molecule is O=C(Cn1cnnc1)c1ccc2ccccc2c1. The molecule has 0 radical (unpaired) electrons. The largest absolute Gasteiger partial charge is 0.312 e. The minimum absolute atomic E-state index is 0.0561. The Bertz CT molecular complexity index is 689. The molecule has 4 nitrogen and oxygen atoms in total. The molecule has 2 aromatic carbocycles. The third-order valence-corrected chi connectivity index (χ3v) is 2.86. The van der Waals surface area contributed by atoms with Crippen LogP contribution in [0.2, 0.25) is 0 Å². The lowest BCUT2D eigenvalue weighted by molar-refractivity contribution is 0.0972. The van der Waals surface area contributed by atoms with Gasteiger partial charge in [-0.15, -0.1) is 10.2 Å². The van der Waals surface area contributed by atoms with Crippen LogP contribution < -0.4 is 0 Å². The van der Waals surface area contributed by atoms with Crippen LogP contribution >= 0.6 is 0 Å². The van der Waals surface area contributed by atoms with E-state index in [2.05, 4.69) is 10.2 Å². The summed E-state index contributed by atoms with van der Waals surface area (Å²) in [7, 11) is 0. The van der Waals surface area contributed by atoms with Gasteiger partial charge in [0.25, 0.3) is 0 Å². The van der Waals surface area contributed by atoms with Gasteiger partial charge in [-0.1, -0.05) is 36.4 Å². The highest BCUT2D eigenvalue weighted by Crippen LogP contribution is 2.16. The predicted molar refractivity (Wildman–Crippen MR) is 68.3 cm³/mol. The first kappa shape index (κ1) is 10.7. The number of Topliss-reactive ketones (excluding diaryl/α,β-unsaturated/α-hetero) is 1. The standard InChI is InChI=1S/C14H11N3O/c18-14(8-17-9-15-16-10-17)13-6-5-11-3-1-2-4-12(11)7-13/h1-7,9-10H,8H2. The van der Waals surface area contributed by atoms with E-state index in [-0.39, 0.29) is 12.3 Å². The van der Waals surface area contributed by atoms with E-state index in [1.165, 1.54) is 0 Å². The van der Waals surface area contributed by atoms with E-state index in [1.807, 2.05) is 42.5 Å². The normalized spacial score (nSPS) is 10.7. The molecule has 0 fully saturated rings. The molecule has 0 unspecified atom stereocenters. The predicted octanol–water partition coefficient (Wildman–Crippen LogP) is 2.31. The summed E-state index contributed by atoms with van der Waals surface area (Å²) in [5, 5.41) is 9.57. The Balaban J connectivity index is 1.92. The van der Waals surface area contributed by atoms with Crippen LogP contribution in [0, 0.1) is 0 Å². The molecule has 0 aliphatic heterocycles. The lowest BCUT2D eigenvalue weighted by atomic mass is 10.0. The number of hydrogen-bond donors (Lipinski definition) is 0. The fourth-order valence-corrected chi connectivity index (χ4v) is 1.92. The molecule has 3 aromatic rings. The average Bonchev–Trinajstić information content (AvgIpc) is 2.91. The van der Waals surface area contributed by atoms with Crippen molar-refractivity contribution < 1.29 is 4.79 Å². The molecule has 0 saturated carbocycles. The van der Waals surface area contributed by atoms with Crippen LogP contribution in [0.1, 0.15) is 10.4 Å². The summed E-state index contributed by atoms with van der Waals surface area (Å²) in [4.78, 5) is 12.1. The number of hydrogen-bond acceptors (Lipinski definition) is 3. The molecule has 0 atom stereocenters. The maximum absolute atomic E-state index is 12.1. The Labute approximate surface area is 104 Å². The highest BCUT2D eigenvalue weighted by molar-refractivity contribution is 5.99. The lowest BCUT2D eigenvalue weighted by Crippen LogP contribution is -2.08. The van der Waals surface area contributed by atoms with Crippen molar-refractivity contribution in [3.63, 3.8) is 0 Å². The molecule has 0 aliphatic carbocycles. The second-order valence-corrected chi connectivity index (χ2v) is 4.12. The number of ketones is 1. The number of benzene rings is 2. The monoisotopic (exact) mass is 237 g/mol. The van der Waals surface area contributed by atoms with Gasteiger partial charge in [-0.25, -0.2) is 0 Å². The first-order valence-corrected chi connectivity index (χ1v) is 5.67. The van der Waals surface area contributed by atoms with Crippen molar-refractivity contribution in [1.29, 1.82) is 0 Å². The third kappa shape index (κ3) is 2.00. The number of rotatable bonds is 3. The zero-order valence-electron chi connectivity index (χ0n) is 9.65. The minimum Gasteiger partial charge on any atom is -0.312 e. The maximum atomic E-state index is 12.1. The summed E-state index contributed by atoms with van der Waals surface area (Å²) < 4.78 is 1.66. The van der Waals surface area contributed by atoms with Crippen LogP contribution in [-0.4, -0.2) is 20.5 Å². The molecule has 0 bridgehead atoms. The van der Waals surface area contributed by atoms with Crippen molar-refractivity contribution in [3.05, 3.63) is 60.7 Å². The van der Waals surface area contributed by atoms with Gasteiger partial charge >= 0.3 is 0 Å². The van der Waals surface area contributed by atoms with E-state index in [1.54, 1.807) is 17.2 Å². The van der Waals surface area contributed by atoms with Crippen molar-refractivity contribution in [1.82, 2.24) is 14.8 Å². The average molecular weight is 237 g/mol. The molecule has 1 aromatic heterocycles. The van der Waals surface area contributed by atoms with Crippen LogP contribution in [0.3, 0.4) is 0 Å². The first-order valence-electron chi connectivity index (χ1n) is 5.67. The van der Waals surface area contributed by atoms with E-state index in [0.29, 0.717) is 5.56 Å². The second kappa shape index (κ2) is 4.41. The van der Waals surface area contributed by atoms with Crippen LogP contribution in [0.4, 0.5) is 0 Å². The molecule has 0 N–H and O–H groups in total. The van der Waals surface area contributed by atoms with Gasteiger partial charge in [0.2, 0.25) is 0 Å². The Morgan fingerprint density at radius 2 is 1.72 bits per heavy atom. The van der Waals surface area contributed by atoms with E-state index in [9.17, 15) is 4.79 Å². The molecule has 1 heterocycles. The zero-order chi connectivity index (χ0) is 12.4. The Kier molecular flexibility index (Phi) is 2.61. The van der Waals surface area contributed by atoms with E-state index < -0.39 is 0 Å². The van der Waals surface area contributed by atoms with Gasteiger partial charge in [-0.3, -0.25) is 4.79 Å². The summed E-state index contributed by atoms with van der Waals surface area (Å²) in [6, 6.07) is 13.7. The topological polar surface area (TPSA) is 47.8 Å². The smallest absolute Gasteiger partial charge is 0.182 e. The number of fused-ring (bicyclic) bond motifs is 1. The van der Waals surface area contributed by atoms with Gasteiger partial charge in [0.05, 0.1) is 6.54 Å². The Morgan fingerprint density at radius 1 is 1.00 bits per heavy atom. The molecule has 18 heavy (non-hydrogen) atoms. The second-order valence-electron chi connectivity index (χ2n) is 4.12. The van der Waals surface area contributed by atoms with Gasteiger partial charge in [-0.05, 0) is 16.8 Å². The lowest BCUT2D eigenvalue weighted by Gasteiger charge is -2.03. The third-order valence-electron chi connectivity index (χ3n) is 2.86. The number of aromatic nitrogens is 3. The molecule has 0 spiro atoms. The summed E-state index contributed by atoms with van der Waals surface area (Å²) in [6.45, 7) is 0.269. The van der Waals surface area contributed by atoms with Gasteiger partial charge in [0.15, 0.2) is 5.78 Å². The van der Waals surface area contributed by atoms with Crippen molar-refractivity contribution in [2.75, 3.05) is 0 Å². The molecular formula is C14H11N3O. The fourth-order valence-electron chi connectivity index (χ4n) is 1.92. The molecule has 3 rings (SSSR count). The highest BCUT2D eigenvalue weighted by atomic mass is 16.1. The molecule has 0 saturated heterocycles. The van der Waals surface area contributed by atoms with Crippen molar-refractivity contribution in [2.24, 2.45) is 0 Å². The molecule has 0 aliphatic rings. The zero-order valence-corrected chi connectivity index (χ0v) is 9.65. The van der Waals surface area contributed by atoms with Crippen molar-refractivity contribution >= 4 is 16.6 Å². The summed E-state index contributed by atoms with van der Waals surface area (Å²) >= 11 is 0. The fraction of sp³-hybridized carbons (Fsp3) is 0.0714. The van der Waals surface area contributed by atoms with E-state index in [0.717, 1.165) is 10.8 Å². The molecular weight excluding hydrogens is 226 g/mol. The molecule has 4 heteroatoms. The molecule has 0 amide bonds. The number of nitrogens with zero attached hydrogens (tertiary/aromatic N) is 3. The summed E-state index contributed by atoms with van der Waals surface area (Å²) in [5.41, 5.74) is 0.711.